The van der Waals surface area contributed by atoms with Gasteiger partial charge >= 0.3 is 12.0 Å². The first-order chi connectivity index (χ1) is 8.85. The van der Waals surface area contributed by atoms with Gasteiger partial charge in [0.15, 0.2) is 0 Å². The fourth-order valence-electron chi connectivity index (χ4n) is 2.25. The lowest BCUT2D eigenvalue weighted by atomic mass is 9.98. The zero-order valence-electron chi connectivity index (χ0n) is 11.7. The van der Waals surface area contributed by atoms with Crippen molar-refractivity contribution in [1.29, 1.82) is 0 Å². The molecule has 19 heavy (non-hydrogen) atoms. The molecule has 0 aromatic carbocycles. The van der Waals surface area contributed by atoms with Crippen molar-refractivity contribution in [1.82, 2.24) is 10.2 Å². The normalized spacial score (nSPS) is 25.5. The van der Waals surface area contributed by atoms with E-state index in [1.807, 2.05) is 6.92 Å². The van der Waals surface area contributed by atoms with Crippen molar-refractivity contribution in [3.63, 3.8) is 0 Å². The lowest BCUT2D eigenvalue weighted by Gasteiger charge is -2.24. The minimum atomic E-state index is -1.00. The third-order valence-corrected chi connectivity index (χ3v) is 3.52. The average molecular weight is 272 g/mol. The maximum Gasteiger partial charge on any atom is 0.326 e. The van der Waals surface area contributed by atoms with Crippen LogP contribution < -0.4 is 5.32 Å². The standard InChI is InChI=1S/C13H24N2O4/c1-3-5-10(11(16)17)14-12(18)15-8-4-6-13(2,19)7-9-15/h10,19H,3-9H2,1-2H3,(H,14,18)(H,16,17)/t10-,13?/m0/s1. The van der Waals surface area contributed by atoms with Crippen LogP contribution in [0, 0.1) is 0 Å². The summed E-state index contributed by atoms with van der Waals surface area (Å²) in [4.78, 5) is 24.6. The van der Waals surface area contributed by atoms with E-state index in [0.717, 1.165) is 6.42 Å². The van der Waals surface area contributed by atoms with E-state index in [1.54, 1.807) is 11.8 Å². The smallest absolute Gasteiger partial charge is 0.326 e. The van der Waals surface area contributed by atoms with Crippen LogP contribution in [0.15, 0.2) is 0 Å². The molecule has 1 saturated heterocycles. The molecule has 0 aromatic rings. The van der Waals surface area contributed by atoms with Gasteiger partial charge in [-0.15, -0.1) is 0 Å². The molecule has 6 heteroatoms. The van der Waals surface area contributed by atoms with Gasteiger partial charge in [-0.1, -0.05) is 13.3 Å². The van der Waals surface area contributed by atoms with Crippen molar-refractivity contribution in [2.75, 3.05) is 13.1 Å². The zero-order chi connectivity index (χ0) is 14.5. The van der Waals surface area contributed by atoms with E-state index < -0.39 is 17.6 Å². The molecule has 1 heterocycles. The van der Waals surface area contributed by atoms with Gasteiger partial charge in [0.25, 0.3) is 0 Å². The summed E-state index contributed by atoms with van der Waals surface area (Å²) in [5, 5.41) is 21.5. The molecule has 1 fully saturated rings. The molecule has 0 radical (unpaired) electrons. The van der Waals surface area contributed by atoms with Gasteiger partial charge in [0, 0.05) is 13.1 Å². The predicted molar refractivity (Wildman–Crippen MR) is 70.9 cm³/mol. The van der Waals surface area contributed by atoms with E-state index in [4.69, 9.17) is 5.11 Å². The molecular weight excluding hydrogens is 248 g/mol. The highest BCUT2D eigenvalue weighted by Gasteiger charge is 2.28. The molecule has 0 saturated carbocycles. The van der Waals surface area contributed by atoms with Crippen LogP contribution in [0.5, 0.6) is 0 Å². The van der Waals surface area contributed by atoms with Gasteiger partial charge in [-0.25, -0.2) is 9.59 Å². The molecule has 0 spiro atoms. The van der Waals surface area contributed by atoms with E-state index in [1.165, 1.54) is 0 Å². The molecule has 2 atom stereocenters. The quantitative estimate of drug-likeness (QED) is 0.717. The van der Waals surface area contributed by atoms with Crippen LogP contribution in [0.4, 0.5) is 4.79 Å². The van der Waals surface area contributed by atoms with E-state index in [-0.39, 0.29) is 6.03 Å². The Labute approximate surface area is 113 Å². The van der Waals surface area contributed by atoms with Gasteiger partial charge in [-0.2, -0.15) is 0 Å². The highest BCUT2D eigenvalue weighted by atomic mass is 16.4. The first-order valence-corrected chi connectivity index (χ1v) is 6.86. The lowest BCUT2D eigenvalue weighted by Crippen LogP contribution is -2.48. The number of nitrogens with zero attached hydrogens (tertiary/aromatic N) is 1. The van der Waals surface area contributed by atoms with Gasteiger partial charge in [-0.05, 0) is 32.6 Å². The van der Waals surface area contributed by atoms with Gasteiger partial charge in [0.2, 0.25) is 0 Å². The molecule has 1 unspecified atom stereocenters. The monoisotopic (exact) mass is 272 g/mol. The fourth-order valence-corrected chi connectivity index (χ4v) is 2.25. The minimum Gasteiger partial charge on any atom is -0.480 e. The van der Waals surface area contributed by atoms with E-state index in [0.29, 0.717) is 38.8 Å². The molecule has 110 valence electrons. The topological polar surface area (TPSA) is 89.9 Å². The van der Waals surface area contributed by atoms with Crippen LogP contribution in [0.25, 0.3) is 0 Å². The molecular formula is C13H24N2O4. The van der Waals surface area contributed by atoms with Crippen LogP contribution in [-0.2, 0) is 4.79 Å². The Balaban J connectivity index is 2.54. The second kappa shape index (κ2) is 6.75. The van der Waals surface area contributed by atoms with Crippen molar-refractivity contribution in [2.24, 2.45) is 0 Å². The van der Waals surface area contributed by atoms with Gasteiger partial charge in [-0.3, -0.25) is 0 Å². The average Bonchev–Trinajstić information content (AvgIpc) is 2.49. The minimum absolute atomic E-state index is 0.349. The predicted octanol–water partition coefficient (Wildman–Crippen LogP) is 1.19. The number of carbonyl (C=O) groups is 2. The molecule has 2 amide bonds. The summed E-state index contributed by atoms with van der Waals surface area (Å²) in [7, 11) is 0. The number of nitrogens with one attached hydrogen (secondary N) is 1. The van der Waals surface area contributed by atoms with Gasteiger partial charge < -0.3 is 20.4 Å². The fraction of sp³-hybridized carbons (Fsp3) is 0.846. The number of hydrogen-bond acceptors (Lipinski definition) is 3. The van der Waals surface area contributed by atoms with Crippen LogP contribution in [-0.4, -0.2) is 51.8 Å². The number of hydrogen-bond donors (Lipinski definition) is 3. The summed E-state index contributed by atoms with van der Waals surface area (Å²) >= 11 is 0. The van der Waals surface area contributed by atoms with Crippen LogP contribution in [0.2, 0.25) is 0 Å². The molecule has 0 aliphatic carbocycles. The molecule has 1 aliphatic heterocycles. The summed E-state index contributed by atoms with van der Waals surface area (Å²) in [6.45, 7) is 4.66. The molecule has 6 nitrogen and oxygen atoms in total. The number of likely N-dealkylation sites (tertiary alicyclic amines) is 1. The number of carbonyl (C=O) groups excluding carboxylic acids is 1. The Bertz CT molecular complexity index is 331. The van der Waals surface area contributed by atoms with E-state index in [9.17, 15) is 14.7 Å². The Kier molecular flexibility index (Phi) is 5.60. The summed E-state index contributed by atoms with van der Waals surface area (Å²) < 4.78 is 0. The number of amides is 2. The van der Waals surface area contributed by atoms with Gasteiger partial charge in [0.1, 0.15) is 6.04 Å². The maximum atomic E-state index is 12.0. The highest BCUT2D eigenvalue weighted by Crippen LogP contribution is 2.21. The summed E-state index contributed by atoms with van der Waals surface area (Å²) in [5.41, 5.74) is -0.732. The van der Waals surface area contributed by atoms with Crippen molar-refractivity contribution in [3.05, 3.63) is 0 Å². The van der Waals surface area contributed by atoms with E-state index in [2.05, 4.69) is 5.32 Å². The summed E-state index contributed by atoms with van der Waals surface area (Å²) in [5.74, 6) is -1.00. The Morgan fingerprint density at radius 3 is 2.63 bits per heavy atom. The molecule has 0 aromatic heterocycles. The van der Waals surface area contributed by atoms with Crippen molar-refractivity contribution in [2.45, 2.75) is 57.6 Å². The van der Waals surface area contributed by atoms with E-state index >= 15 is 0 Å². The lowest BCUT2D eigenvalue weighted by molar-refractivity contribution is -0.139. The van der Waals surface area contributed by atoms with Crippen LogP contribution in [0.1, 0.15) is 46.0 Å². The second-order valence-corrected chi connectivity index (χ2v) is 5.47. The molecule has 0 bridgehead atoms. The van der Waals surface area contributed by atoms with Crippen LogP contribution >= 0.6 is 0 Å². The number of urea groups is 1. The molecule has 3 N–H and O–H groups in total. The van der Waals surface area contributed by atoms with Gasteiger partial charge in [0.05, 0.1) is 5.60 Å². The highest BCUT2D eigenvalue weighted by molar-refractivity contribution is 5.82. The van der Waals surface area contributed by atoms with Crippen molar-refractivity contribution >= 4 is 12.0 Å². The third-order valence-electron chi connectivity index (χ3n) is 3.52. The first kappa shape index (κ1) is 15.8. The number of rotatable bonds is 4. The Morgan fingerprint density at radius 1 is 1.37 bits per heavy atom. The zero-order valence-corrected chi connectivity index (χ0v) is 11.7. The molecule has 1 rings (SSSR count). The second-order valence-electron chi connectivity index (χ2n) is 5.47. The summed E-state index contributed by atoms with van der Waals surface area (Å²) in [6.07, 6.45) is 3.03. The SMILES string of the molecule is CCC[C@H](NC(=O)N1CCCC(C)(O)CC1)C(=O)O. The van der Waals surface area contributed by atoms with Crippen LogP contribution in [0.3, 0.4) is 0 Å². The van der Waals surface area contributed by atoms with Crippen molar-refractivity contribution in [3.8, 4) is 0 Å². The number of carboxylic acid groups (broad SMARTS) is 1. The number of carboxylic acids is 1. The number of aliphatic hydroxyl groups is 1. The third kappa shape index (κ3) is 5.06. The first-order valence-electron chi connectivity index (χ1n) is 6.86. The largest absolute Gasteiger partial charge is 0.480 e. The Morgan fingerprint density at radius 2 is 2.05 bits per heavy atom. The van der Waals surface area contributed by atoms with Crippen molar-refractivity contribution < 1.29 is 19.8 Å². The Hall–Kier alpha value is -1.30. The maximum absolute atomic E-state index is 12.0. The number of aliphatic carboxylic acids is 1. The summed E-state index contributed by atoms with van der Waals surface area (Å²) in [6, 6.07) is -1.18. The molecule has 1 aliphatic rings.